The van der Waals surface area contributed by atoms with Gasteiger partial charge in [-0.2, -0.15) is 15.3 Å². The minimum absolute atomic E-state index is 0.227. The maximum absolute atomic E-state index is 6.35. The summed E-state index contributed by atoms with van der Waals surface area (Å²) in [5.41, 5.74) is 6.31. The van der Waals surface area contributed by atoms with E-state index in [1.807, 2.05) is 19.9 Å². The molecule has 0 spiro atoms. The molecule has 44 heavy (non-hydrogen) atoms. The van der Waals surface area contributed by atoms with Crippen molar-refractivity contribution in [1.29, 1.82) is 0 Å². The molecule has 2 aliphatic rings. The second kappa shape index (κ2) is 13.4. The van der Waals surface area contributed by atoms with E-state index in [0.717, 1.165) is 46.8 Å². The maximum Gasteiger partial charge on any atom is 0.237 e. The van der Waals surface area contributed by atoms with Gasteiger partial charge < -0.3 is 28.7 Å². The number of methoxy groups -OCH3 is 1. The Balaban J connectivity index is 1.22. The number of halogens is 2. The molecule has 230 valence electrons. The molecule has 12 nitrogen and oxygen atoms in total. The lowest BCUT2D eigenvalue weighted by atomic mass is 10.1. The molecule has 0 aliphatic carbocycles. The number of aryl methyl sites for hydroxylation is 2. The molecule has 2 saturated heterocycles. The van der Waals surface area contributed by atoms with Crippen LogP contribution in [0.5, 0.6) is 11.8 Å². The molecule has 2 fully saturated rings. The smallest absolute Gasteiger partial charge is 0.237 e. The summed E-state index contributed by atoms with van der Waals surface area (Å²) in [5.74, 6) is 1.03. The van der Waals surface area contributed by atoms with Gasteiger partial charge in [-0.1, -0.05) is 23.2 Å². The van der Waals surface area contributed by atoms with Crippen molar-refractivity contribution in [3.63, 3.8) is 0 Å². The van der Waals surface area contributed by atoms with Gasteiger partial charge in [0.25, 0.3) is 0 Å². The first-order valence-electron chi connectivity index (χ1n) is 14.3. The summed E-state index contributed by atoms with van der Waals surface area (Å²) in [6.07, 6.45) is 3.25. The fraction of sp³-hybridized carbons (Fsp3) is 0.400. The highest BCUT2D eigenvalue weighted by atomic mass is 35.5. The van der Waals surface area contributed by atoms with Crippen molar-refractivity contribution >= 4 is 34.6 Å². The second-order valence-corrected chi connectivity index (χ2v) is 11.3. The van der Waals surface area contributed by atoms with Crippen LogP contribution in [0.25, 0.3) is 22.4 Å². The lowest BCUT2D eigenvalue weighted by Crippen LogP contribution is -2.45. The molecule has 6 rings (SSSR count). The number of ether oxygens (including phenoxy) is 4. The lowest BCUT2D eigenvalue weighted by Gasteiger charge is -2.35. The normalized spacial score (nSPS) is 17.1. The van der Waals surface area contributed by atoms with E-state index < -0.39 is 0 Å². The summed E-state index contributed by atoms with van der Waals surface area (Å²) in [6.45, 7) is 8.45. The van der Waals surface area contributed by atoms with Crippen LogP contribution in [0, 0.1) is 13.8 Å². The minimum atomic E-state index is -0.227. The zero-order chi connectivity index (χ0) is 30.6. The predicted octanol–water partition coefficient (Wildman–Crippen LogP) is 4.44. The quantitative estimate of drug-likeness (QED) is 0.271. The van der Waals surface area contributed by atoms with Crippen molar-refractivity contribution in [2.45, 2.75) is 20.0 Å². The second-order valence-electron chi connectivity index (χ2n) is 10.5. The Hall–Kier alpha value is -3.84. The van der Waals surface area contributed by atoms with Crippen LogP contribution in [0.2, 0.25) is 10.2 Å². The number of pyridine rings is 2. The average Bonchev–Trinajstić information content (AvgIpc) is 3.06. The molecule has 0 bridgehead atoms. The van der Waals surface area contributed by atoms with Crippen molar-refractivity contribution in [3.8, 4) is 34.1 Å². The van der Waals surface area contributed by atoms with Gasteiger partial charge in [0.05, 0.1) is 49.0 Å². The highest BCUT2D eigenvalue weighted by Gasteiger charge is 2.26. The van der Waals surface area contributed by atoms with Gasteiger partial charge in [-0.25, -0.2) is 9.97 Å². The van der Waals surface area contributed by atoms with Crippen molar-refractivity contribution in [2.75, 3.05) is 69.5 Å². The number of morpholine rings is 2. The molecule has 6 heterocycles. The van der Waals surface area contributed by atoms with Gasteiger partial charge in [0, 0.05) is 55.3 Å². The van der Waals surface area contributed by atoms with Gasteiger partial charge in [-0.15, -0.1) is 5.10 Å². The van der Waals surface area contributed by atoms with Crippen molar-refractivity contribution in [1.82, 2.24) is 30.4 Å². The summed E-state index contributed by atoms with van der Waals surface area (Å²) in [5, 5.41) is 17.4. The molecule has 4 aromatic heterocycles. The Morgan fingerprint density at radius 2 is 1.52 bits per heavy atom. The Morgan fingerprint density at radius 1 is 0.818 bits per heavy atom. The summed E-state index contributed by atoms with van der Waals surface area (Å²) in [4.78, 5) is 13.7. The van der Waals surface area contributed by atoms with E-state index in [9.17, 15) is 0 Å². The van der Waals surface area contributed by atoms with E-state index in [0.29, 0.717) is 72.8 Å². The standard InChI is InChI=1S/C30H32Cl2N8O4/c1-18-23(12-28(32)38-35-18)20-10-27(39-4-7-42-8-5-39)30(34-14-20)44-17-22-16-40(6-9-43-22)26-11-21(15-33-29(26)41-3)25-13-24(31)19(2)36-37-25/h10-15,22H,4-9,16-17H2,1-3H3. The summed E-state index contributed by atoms with van der Waals surface area (Å²) in [7, 11) is 1.61. The van der Waals surface area contributed by atoms with E-state index >= 15 is 0 Å². The van der Waals surface area contributed by atoms with Crippen LogP contribution >= 0.6 is 23.2 Å². The van der Waals surface area contributed by atoms with E-state index in [-0.39, 0.29) is 6.10 Å². The maximum atomic E-state index is 6.35. The zero-order valence-electron chi connectivity index (χ0n) is 24.7. The molecule has 0 saturated carbocycles. The fourth-order valence-electron chi connectivity index (χ4n) is 5.20. The molecule has 14 heteroatoms. The lowest BCUT2D eigenvalue weighted by molar-refractivity contribution is 0.00917. The first-order chi connectivity index (χ1) is 21.4. The summed E-state index contributed by atoms with van der Waals surface area (Å²) < 4.78 is 23.7. The van der Waals surface area contributed by atoms with Crippen molar-refractivity contribution in [3.05, 3.63) is 58.2 Å². The van der Waals surface area contributed by atoms with Gasteiger partial charge in [-0.3, -0.25) is 0 Å². The third kappa shape index (κ3) is 6.63. The number of aromatic nitrogens is 6. The number of nitrogens with zero attached hydrogens (tertiary/aromatic N) is 8. The van der Waals surface area contributed by atoms with Crippen molar-refractivity contribution in [2.24, 2.45) is 0 Å². The largest absolute Gasteiger partial charge is 0.480 e. The Bertz CT molecular complexity index is 1640. The monoisotopic (exact) mass is 638 g/mol. The van der Waals surface area contributed by atoms with Gasteiger partial charge in [0.15, 0.2) is 5.15 Å². The first kappa shape index (κ1) is 30.2. The van der Waals surface area contributed by atoms with Gasteiger partial charge in [-0.05, 0) is 38.1 Å². The minimum Gasteiger partial charge on any atom is -0.480 e. The SMILES string of the molecule is COc1ncc(-c2cc(Cl)c(C)nn2)cc1N1CCOC(COc2ncc(-c3cc(Cl)nnc3C)cc2N2CCOCC2)C1. The molecule has 1 atom stereocenters. The Morgan fingerprint density at radius 3 is 2.32 bits per heavy atom. The molecule has 0 radical (unpaired) electrons. The van der Waals surface area contributed by atoms with Crippen molar-refractivity contribution < 1.29 is 18.9 Å². The zero-order valence-corrected chi connectivity index (χ0v) is 26.2. The third-order valence-corrected chi connectivity index (χ3v) is 8.13. The van der Waals surface area contributed by atoms with Crippen LogP contribution in [0.1, 0.15) is 11.4 Å². The van der Waals surface area contributed by atoms with Gasteiger partial charge in [0.1, 0.15) is 24.1 Å². The topological polar surface area (TPSA) is 121 Å². The number of hydrogen-bond donors (Lipinski definition) is 0. The molecule has 2 aliphatic heterocycles. The van der Waals surface area contributed by atoms with E-state index in [4.69, 9.17) is 47.1 Å². The molecule has 0 amide bonds. The van der Waals surface area contributed by atoms with Crippen LogP contribution in [-0.2, 0) is 9.47 Å². The molecule has 4 aromatic rings. The van der Waals surface area contributed by atoms with Crippen LogP contribution in [0.3, 0.4) is 0 Å². The van der Waals surface area contributed by atoms with E-state index in [2.05, 4.69) is 41.2 Å². The predicted molar refractivity (Wildman–Crippen MR) is 167 cm³/mol. The van der Waals surface area contributed by atoms with Crippen LogP contribution < -0.4 is 19.3 Å². The Labute approximate surface area is 265 Å². The molecular weight excluding hydrogens is 607 g/mol. The fourth-order valence-corrected chi connectivity index (χ4v) is 5.49. The number of hydrogen-bond acceptors (Lipinski definition) is 12. The molecule has 0 N–H and O–H groups in total. The summed E-state index contributed by atoms with van der Waals surface area (Å²) >= 11 is 12.5. The van der Waals surface area contributed by atoms with Gasteiger partial charge in [0.2, 0.25) is 11.8 Å². The molecular formula is C30H32Cl2N8O4. The highest BCUT2D eigenvalue weighted by molar-refractivity contribution is 6.31. The van der Waals surface area contributed by atoms with Gasteiger partial charge >= 0.3 is 0 Å². The van der Waals surface area contributed by atoms with Crippen LogP contribution in [-0.4, -0.2) is 96.2 Å². The summed E-state index contributed by atoms with van der Waals surface area (Å²) in [6, 6.07) is 7.64. The van der Waals surface area contributed by atoms with Crippen LogP contribution in [0.4, 0.5) is 11.4 Å². The Kier molecular flexibility index (Phi) is 9.22. The number of rotatable bonds is 8. The molecule has 0 aromatic carbocycles. The van der Waals surface area contributed by atoms with E-state index in [1.165, 1.54) is 0 Å². The number of anilines is 2. The first-order valence-corrected chi connectivity index (χ1v) is 15.0. The van der Waals surface area contributed by atoms with Crippen LogP contribution in [0.15, 0.2) is 36.7 Å². The average molecular weight is 640 g/mol. The van der Waals surface area contributed by atoms with E-state index in [1.54, 1.807) is 31.6 Å². The molecule has 1 unspecified atom stereocenters. The highest BCUT2D eigenvalue weighted by Crippen LogP contribution is 2.35. The third-order valence-electron chi connectivity index (χ3n) is 7.57.